The van der Waals surface area contributed by atoms with Crippen molar-refractivity contribution in [2.24, 2.45) is 0 Å². The largest absolute Gasteiger partial charge is 0.355 e. The molecule has 6 heteroatoms. The molecule has 0 saturated heterocycles. The number of unbranched alkanes of at least 4 members (excludes halogenated alkanes) is 1. The number of carbonyl (C=O) groups excluding carboxylic acids is 1. The highest BCUT2D eigenvalue weighted by Crippen LogP contribution is 2.16. The molecule has 0 unspecified atom stereocenters. The summed E-state index contributed by atoms with van der Waals surface area (Å²) in [6.07, 6.45) is 1.96. The molecule has 18 heavy (non-hydrogen) atoms. The van der Waals surface area contributed by atoms with Crippen LogP contribution in [0.5, 0.6) is 0 Å². The first-order valence-electron chi connectivity index (χ1n) is 5.97. The molecule has 0 aliphatic carbocycles. The fraction of sp³-hybridized carbons (Fsp3) is 0.583. The molecular formula is C12H18BrN3O2. The molecule has 1 heterocycles. The fourth-order valence-corrected chi connectivity index (χ4v) is 1.87. The molecule has 1 aromatic rings. The minimum Gasteiger partial charge on any atom is -0.355 e. The van der Waals surface area contributed by atoms with Crippen molar-refractivity contribution in [2.75, 3.05) is 6.54 Å². The van der Waals surface area contributed by atoms with Gasteiger partial charge < -0.3 is 5.32 Å². The van der Waals surface area contributed by atoms with Gasteiger partial charge in [-0.3, -0.25) is 9.36 Å². The average Bonchev–Trinajstić information content (AvgIpc) is 2.32. The van der Waals surface area contributed by atoms with Crippen molar-refractivity contribution in [3.8, 4) is 0 Å². The van der Waals surface area contributed by atoms with Crippen molar-refractivity contribution in [1.82, 2.24) is 14.9 Å². The molecule has 0 aromatic carbocycles. The molecule has 5 nitrogen and oxygen atoms in total. The van der Waals surface area contributed by atoms with Gasteiger partial charge in [-0.25, -0.2) is 4.79 Å². The topological polar surface area (TPSA) is 64.0 Å². The van der Waals surface area contributed by atoms with E-state index >= 15 is 0 Å². The number of aromatic nitrogens is 2. The van der Waals surface area contributed by atoms with Crippen LogP contribution in [-0.2, 0) is 11.3 Å². The summed E-state index contributed by atoms with van der Waals surface area (Å²) in [4.78, 5) is 27.3. The third-order valence-electron chi connectivity index (χ3n) is 2.69. The first kappa shape index (κ1) is 14.9. The van der Waals surface area contributed by atoms with E-state index in [1.807, 2.05) is 0 Å². The van der Waals surface area contributed by atoms with Crippen molar-refractivity contribution in [3.05, 3.63) is 26.3 Å². The SMILES string of the molecule is CCCCNC(=O)Cn1c(C)c(Br)c(C)nc1=O. The summed E-state index contributed by atoms with van der Waals surface area (Å²) in [5.74, 6) is -0.161. The van der Waals surface area contributed by atoms with Crippen LogP contribution < -0.4 is 11.0 Å². The van der Waals surface area contributed by atoms with Crippen molar-refractivity contribution >= 4 is 21.8 Å². The van der Waals surface area contributed by atoms with Crippen molar-refractivity contribution < 1.29 is 4.79 Å². The number of rotatable bonds is 5. The Morgan fingerprint density at radius 1 is 1.44 bits per heavy atom. The van der Waals surface area contributed by atoms with E-state index in [2.05, 4.69) is 33.2 Å². The van der Waals surface area contributed by atoms with Crippen LogP contribution in [-0.4, -0.2) is 22.0 Å². The van der Waals surface area contributed by atoms with Crippen LogP contribution in [0.3, 0.4) is 0 Å². The first-order chi connectivity index (χ1) is 8.47. The third-order valence-corrected chi connectivity index (χ3v) is 3.84. The lowest BCUT2D eigenvalue weighted by molar-refractivity contribution is -0.121. The van der Waals surface area contributed by atoms with E-state index in [1.54, 1.807) is 13.8 Å². The second kappa shape index (κ2) is 6.68. The Morgan fingerprint density at radius 3 is 2.72 bits per heavy atom. The van der Waals surface area contributed by atoms with Gasteiger partial charge in [0.25, 0.3) is 0 Å². The summed E-state index contributed by atoms with van der Waals surface area (Å²) < 4.78 is 2.14. The minimum atomic E-state index is -0.390. The summed E-state index contributed by atoms with van der Waals surface area (Å²) in [5.41, 5.74) is 0.970. The fourth-order valence-electron chi connectivity index (χ4n) is 1.57. The summed E-state index contributed by atoms with van der Waals surface area (Å²) in [6.45, 7) is 6.26. The molecule has 0 spiro atoms. The van der Waals surface area contributed by atoms with Gasteiger partial charge in [0.15, 0.2) is 0 Å². The van der Waals surface area contributed by atoms with E-state index in [4.69, 9.17) is 0 Å². The van der Waals surface area contributed by atoms with E-state index in [-0.39, 0.29) is 18.1 Å². The lowest BCUT2D eigenvalue weighted by atomic mass is 10.3. The van der Waals surface area contributed by atoms with Crippen molar-refractivity contribution in [3.63, 3.8) is 0 Å². The zero-order valence-corrected chi connectivity index (χ0v) is 12.5. The monoisotopic (exact) mass is 315 g/mol. The highest BCUT2D eigenvalue weighted by molar-refractivity contribution is 9.10. The van der Waals surface area contributed by atoms with Gasteiger partial charge in [-0.2, -0.15) is 4.98 Å². The molecular weight excluding hydrogens is 298 g/mol. The maximum atomic E-state index is 11.7. The molecule has 0 saturated carbocycles. The van der Waals surface area contributed by atoms with Crippen LogP contribution in [0, 0.1) is 13.8 Å². The first-order valence-corrected chi connectivity index (χ1v) is 6.77. The van der Waals surface area contributed by atoms with Crippen LogP contribution in [0.2, 0.25) is 0 Å². The molecule has 0 atom stereocenters. The number of nitrogens with one attached hydrogen (secondary N) is 1. The van der Waals surface area contributed by atoms with Gasteiger partial charge in [-0.1, -0.05) is 13.3 Å². The summed E-state index contributed by atoms with van der Waals surface area (Å²) >= 11 is 3.36. The van der Waals surface area contributed by atoms with Gasteiger partial charge in [-0.15, -0.1) is 0 Å². The molecule has 1 aromatic heterocycles. The predicted octanol–water partition coefficient (Wildman–Crippen LogP) is 1.54. The zero-order valence-electron chi connectivity index (χ0n) is 10.9. The van der Waals surface area contributed by atoms with E-state index < -0.39 is 0 Å². The predicted molar refractivity (Wildman–Crippen MR) is 73.6 cm³/mol. The summed E-state index contributed by atoms with van der Waals surface area (Å²) in [7, 11) is 0. The Bertz CT molecular complexity index is 497. The Balaban J connectivity index is 2.82. The Morgan fingerprint density at radius 2 is 2.11 bits per heavy atom. The second-order valence-corrected chi connectivity index (χ2v) is 4.96. The van der Waals surface area contributed by atoms with E-state index in [9.17, 15) is 9.59 Å². The molecule has 0 aliphatic rings. The number of aryl methyl sites for hydroxylation is 1. The van der Waals surface area contributed by atoms with Crippen LogP contribution in [0.4, 0.5) is 0 Å². The molecule has 1 N–H and O–H groups in total. The van der Waals surface area contributed by atoms with Gasteiger partial charge in [0.2, 0.25) is 5.91 Å². The number of halogens is 1. The Hall–Kier alpha value is -1.17. The molecule has 0 aliphatic heterocycles. The summed E-state index contributed by atoms with van der Waals surface area (Å²) in [5, 5.41) is 2.78. The Kier molecular flexibility index (Phi) is 5.53. The maximum absolute atomic E-state index is 11.7. The molecule has 1 amide bonds. The van der Waals surface area contributed by atoms with Gasteiger partial charge in [0, 0.05) is 12.2 Å². The summed E-state index contributed by atoms with van der Waals surface area (Å²) in [6, 6.07) is 0. The maximum Gasteiger partial charge on any atom is 0.348 e. The van der Waals surface area contributed by atoms with Crippen molar-refractivity contribution in [1.29, 1.82) is 0 Å². The third kappa shape index (κ3) is 3.66. The zero-order chi connectivity index (χ0) is 13.7. The number of amides is 1. The number of hydrogen-bond donors (Lipinski definition) is 1. The molecule has 1 rings (SSSR count). The number of hydrogen-bond acceptors (Lipinski definition) is 3. The van der Waals surface area contributed by atoms with Crippen LogP contribution >= 0.6 is 15.9 Å². The van der Waals surface area contributed by atoms with Gasteiger partial charge in [0.1, 0.15) is 6.54 Å². The van der Waals surface area contributed by atoms with Gasteiger partial charge in [-0.05, 0) is 36.2 Å². The quantitative estimate of drug-likeness (QED) is 0.838. The van der Waals surface area contributed by atoms with E-state index in [0.29, 0.717) is 12.2 Å². The van der Waals surface area contributed by atoms with Gasteiger partial charge in [0.05, 0.1) is 10.2 Å². The minimum absolute atomic E-state index is 0.0141. The molecule has 0 radical (unpaired) electrons. The standard InChI is InChI=1S/C12H18BrN3O2/c1-4-5-6-14-10(17)7-16-9(3)11(13)8(2)15-12(16)18/h4-7H2,1-3H3,(H,14,17). The Labute approximate surface area is 115 Å². The second-order valence-electron chi connectivity index (χ2n) is 4.17. The smallest absolute Gasteiger partial charge is 0.348 e. The average molecular weight is 316 g/mol. The van der Waals surface area contributed by atoms with Crippen molar-refractivity contribution in [2.45, 2.75) is 40.2 Å². The number of nitrogens with zero attached hydrogens (tertiary/aromatic N) is 2. The molecule has 100 valence electrons. The van der Waals surface area contributed by atoms with E-state index in [1.165, 1.54) is 4.57 Å². The lowest BCUT2D eigenvalue weighted by Crippen LogP contribution is -2.35. The number of carbonyl (C=O) groups is 1. The molecule has 0 bridgehead atoms. The van der Waals surface area contributed by atoms with Crippen LogP contribution in [0.15, 0.2) is 9.27 Å². The normalized spacial score (nSPS) is 10.4. The van der Waals surface area contributed by atoms with E-state index in [0.717, 1.165) is 23.0 Å². The highest BCUT2D eigenvalue weighted by atomic mass is 79.9. The van der Waals surface area contributed by atoms with Gasteiger partial charge >= 0.3 is 5.69 Å². The highest BCUT2D eigenvalue weighted by Gasteiger charge is 2.11. The van der Waals surface area contributed by atoms with Crippen LogP contribution in [0.1, 0.15) is 31.2 Å². The lowest BCUT2D eigenvalue weighted by Gasteiger charge is -2.12. The van der Waals surface area contributed by atoms with Crippen LogP contribution in [0.25, 0.3) is 0 Å². The molecule has 0 fully saturated rings.